The first-order valence-corrected chi connectivity index (χ1v) is 10.0. The van der Waals surface area contributed by atoms with Crippen LogP contribution in [-0.4, -0.2) is 99.9 Å². The molecule has 0 spiro atoms. The summed E-state index contributed by atoms with van der Waals surface area (Å²) in [6.07, 6.45) is 0. The van der Waals surface area contributed by atoms with Gasteiger partial charge in [0.05, 0.1) is 51.8 Å². The smallest absolute Gasteiger partial charge is 0.0707 e. The molecule has 1 fully saturated rings. The van der Waals surface area contributed by atoms with Gasteiger partial charge >= 0.3 is 0 Å². The summed E-state index contributed by atoms with van der Waals surface area (Å²) in [4.78, 5) is 5.03. The fourth-order valence-corrected chi connectivity index (χ4v) is 2.78. The van der Waals surface area contributed by atoms with Crippen LogP contribution in [0.1, 0.15) is 41.5 Å². The van der Waals surface area contributed by atoms with Crippen LogP contribution in [0.2, 0.25) is 0 Å². The van der Waals surface area contributed by atoms with Crippen LogP contribution in [0.5, 0.6) is 0 Å². The van der Waals surface area contributed by atoms with E-state index in [9.17, 15) is 0 Å². The summed E-state index contributed by atoms with van der Waals surface area (Å²) in [7, 11) is 0. The van der Waals surface area contributed by atoms with Crippen molar-refractivity contribution in [2.45, 2.75) is 52.7 Å². The Balaban J connectivity index is 1.83. The van der Waals surface area contributed by atoms with Crippen molar-refractivity contribution in [3.8, 4) is 0 Å². The fourth-order valence-electron chi connectivity index (χ4n) is 2.78. The second-order valence-electron chi connectivity index (χ2n) is 8.80. The van der Waals surface area contributed by atoms with Gasteiger partial charge in [-0.1, -0.05) is 0 Å². The summed E-state index contributed by atoms with van der Waals surface area (Å²) in [5, 5.41) is 0. The zero-order chi connectivity index (χ0) is 19.5. The molecule has 1 saturated heterocycles. The lowest BCUT2D eigenvalue weighted by molar-refractivity contribution is -0.0454. The quantitative estimate of drug-likeness (QED) is 0.488. The first-order chi connectivity index (χ1) is 12.2. The largest absolute Gasteiger partial charge is 0.378 e. The molecule has 156 valence electrons. The Labute approximate surface area is 161 Å². The van der Waals surface area contributed by atoms with Crippen LogP contribution in [0, 0.1) is 0 Å². The Morgan fingerprint density at radius 1 is 0.615 bits per heavy atom. The molecule has 1 aliphatic rings. The van der Waals surface area contributed by atoms with E-state index in [0.29, 0.717) is 39.6 Å². The van der Waals surface area contributed by atoms with E-state index >= 15 is 0 Å². The summed E-state index contributed by atoms with van der Waals surface area (Å²) < 4.78 is 22.2. The van der Waals surface area contributed by atoms with Crippen molar-refractivity contribution in [3.63, 3.8) is 0 Å². The van der Waals surface area contributed by atoms with E-state index in [1.165, 1.54) is 0 Å². The average molecular weight is 375 g/mol. The van der Waals surface area contributed by atoms with Crippen molar-refractivity contribution in [2.24, 2.45) is 0 Å². The van der Waals surface area contributed by atoms with E-state index in [1.54, 1.807) is 0 Å². The molecule has 0 unspecified atom stereocenters. The lowest BCUT2D eigenvalue weighted by atomic mass is 10.1. The maximum absolute atomic E-state index is 5.67. The highest BCUT2D eigenvalue weighted by molar-refractivity contribution is 4.81. The van der Waals surface area contributed by atoms with Gasteiger partial charge < -0.3 is 18.9 Å². The fraction of sp³-hybridized carbons (Fsp3) is 1.00. The SMILES string of the molecule is CC(C)(C)OCCOCCOCCOCCN1CCN(C(C)(C)C)CC1. The number of rotatable bonds is 12. The third-order valence-electron chi connectivity index (χ3n) is 4.38. The van der Waals surface area contributed by atoms with Crippen molar-refractivity contribution in [2.75, 3.05) is 79.0 Å². The number of nitrogens with zero attached hydrogens (tertiary/aromatic N) is 2. The minimum absolute atomic E-state index is 0.0998. The summed E-state index contributed by atoms with van der Waals surface area (Å²) in [6, 6.07) is 0. The van der Waals surface area contributed by atoms with Crippen LogP contribution < -0.4 is 0 Å². The highest BCUT2D eigenvalue weighted by Gasteiger charge is 2.25. The van der Waals surface area contributed by atoms with E-state index < -0.39 is 0 Å². The van der Waals surface area contributed by atoms with Crippen molar-refractivity contribution < 1.29 is 18.9 Å². The zero-order valence-electron chi connectivity index (χ0n) is 18.0. The Bertz CT molecular complexity index is 345. The summed E-state index contributed by atoms with van der Waals surface area (Å²) >= 11 is 0. The number of ether oxygens (including phenoxy) is 4. The van der Waals surface area contributed by atoms with Crippen molar-refractivity contribution in [3.05, 3.63) is 0 Å². The molecule has 0 aliphatic carbocycles. The second kappa shape index (κ2) is 12.3. The predicted molar refractivity (Wildman–Crippen MR) is 106 cm³/mol. The molecule has 0 atom stereocenters. The maximum atomic E-state index is 5.67. The van der Waals surface area contributed by atoms with E-state index in [2.05, 4.69) is 30.6 Å². The Morgan fingerprint density at radius 2 is 1.08 bits per heavy atom. The van der Waals surface area contributed by atoms with Gasteiger partial charge in [0.25, 0.3) is 0 Å². The lowest BCUT2D eigenvalue weighted by Gasteiger charge is -2.42. The van der Waals surface area contributed by atoms with Crippen LogP contribution >= 0.6 is 0 Å². The third kappa shape index (κ3) is 12.2. The normalized spacial score (nSPS) is 17.8. The van der Waals surface area contributed by atoms with E-state index in [4.69, 9.17) is 18.9 Å². The van der Waals surface area contributed by atoms with E-state index in [-0.39, 0.29) is 11.1 Å². The highest BCUT2D eigenvalue weighted by atomic mass is 16.6. The Morgan fingerprint density at radius 3 is 1.54 bits per heavy atom. The molecule has 0 aromatic rings. The zero-order valence-corrected chi connectivity index (χ0v) is 18.0. The van der Waals surface area contributed by atoms with E-state index in [1.807, 2.05) is 20.8 Å². The van der Waals surface area contributed by atoms with Crippen LogP contribution in [0.3, 0.4) is 0 Å². The van der Waals surface area contributed by atoms with Crippen LogP contribution in [0.15, 0.2) is 0 Å². The maximum Gasteiger partial charge on any atom is 0.0707 e. The molecule has 0 amide bonds. The molecule has 0 saturated carbocycles. The first-order valence-electron chi connectivity index (χ1n) is 10.0. The Kier molecular flexibility index (Phi) is 11.2. The minimum atomic E-state index is -0.0998. The second-order valence-corrected chi connectivity index (χ2v) is 8.80. The Hall–Kier alpha value is -0.240. The summed E-state index contributed by atoms with van der Waals surface area (Å²) in [6.45, 7) is 23.1. The minimum Gasteiger partial charge on any atom is -0.378 e. The summed E-state index contributed by atoms with van der Waals surface area (Å²) in [5.74, 6) is 0. The van der Waals surface area contributed by atoms with Gasteiger partial charge in [-0.2, -0.15) is 0 Å². The van der Waals surface area contributed by atoms with Gasteiger partial charge in [0.2, 0.25) is 0 Å². The average Bonchev–Trinajstić information content (AvgIpc) is 2.54. The number of hydrogen-bond acceptors (Lipinski definition) is 6. The molecule has 26 heavy (non-hydrogen) atoms. The third-order valence-corrected chi connectivity index (χ3v) is 4.38. The van der Waals surface area contributed by atoms with Crippen LogP contribution in [0.4, 0.5) is 0 Å². The van der Waals surface area contributed by atoms with Crippen molar-refractivity contribution in [1.29, 1.82) is 0 Å². The van der Waals surface area contributed by atoms with Crippen LogP contribution in [-0.2, 0) is 18.9 Å². The van der Waals surface area contributed by atoms with Gasteiger partial charge in [-0.15, -0.1) is 0 Å². The lowest BCUT2D eigenvalue weighted by Crippen LogP contribution is -2.53. The number of hydrogen-bond donors (Lipinski definition) is 0. The van der Waals surface area contributed by atoms with Gasteiger partial charge in [0, 0.05) is 38.3 Å². The predicted octanol–water partition coefficient (Wildman–Crippen LogP) is 2.27. The van der Waals surface area contributed by atoms with Gasteiger partial charge in [-0.05, 0) is 41.5 Å². The first kappa shape index (κ1) is 23.8. The summed E-state index contributed by atoms with van der Waals surface area (Å²) in [5.41, 5.74) is 0.181. The molecule has 0 bridgehead atoms. The molecule has 1 aliphatic heterocycles. The molecule has 1 rings (SSSR count). The molecular weight excluding hydrogens is 332 g/mol. The highest BCUT2D eigenvalue weighted by Crippen LogP contribution is 2.15. The molecule has 6 heteroatoms. The molecule has 0 aromatic heterocycles. The van der Waals surface area contributed by atoms with Crippen molar-refractivity contribution >= 4 is 0 Å². The van der Waals surface area contributed by atoms with Gasteiger partial charge in [0.15, 0.2) is 0 Å². The monoisotopic (exact) mass is 374 g/mol. The van der Waals surface area contributed by atoms with Gasteiger partial charge in [-0.25, -0.2) is 0 Å². The molecule has 1 heterocycles. The molecular formula is C20H42N2O4. The van der Waals surface area contributed by atoms with E-state index in [0.717, 1.165) is 39.3 Å². The standard InChI is InChI=1S/C20H42N2O4/c1-19(2,3)22-9-7-21(8-10-22)11-12-23-13-14-24-15-16-25-17-18-26-20(4,5)6/h7-18H2,1-6H3. The van der Waals surface area contributed by atoms with Crippen LogP contribution in [0.25, 0.3) is 0 Å². The van der Waals surface area contributed by atoms with Gasteiger partial charge in [-0.3, -0.25) is 9.80 Å². The van der Waals surface area contributed by atoms with Gasteiger partial charge in [0.1, 0.15) is 0 Å². The molecule has 6 nitrogen and oxygen atoms in total. The topological polar surface area (TPSA) is 43.4 Å². The number of piperazine rings is 1. The molecule has 0 radical (unpaired) electrons. The molecule has 0 aromatic carbocycles. The molecule has 0 N–H and O–H groups in total. The van der Waals surface area contributed by atoms with Crippen molar-refractivity contribution in [1.82, 2.24) is 9.80 Å².